The minimum Gasteiger partial charge on any atom is -0.344 e. The van der Waals surface area contributed by atoms with Gasteiger partial charge < -0.3 is 10.3 Å². The van der Waals surface area contributed by atoms with E-state index in [-0.39, 0.29) is 0 Å². The summed E-state index contributed by atoms with van der Waals surface area (Å²) in [5.41, 5.74) is 4.76. The number of hydrogen-bond acceptors (Lipinski definition) is 2. The van der Waals surface area contributed by atoms with Crippen molar-refractivity contribution in [2.45, 2.75) is 32.9 Å². The molecule has 0 fully saturated rings. The Kier molecular flexibility index (Phi) is 2.88. The topological polar surface area (TPSA) is 40.7 Å². The molecule has 0 spiro atoms. The zero-order chi connectivity index (χ0) is 12.7. The van der Waals surface area contributed by atoms with Crippen LogP contribution in [0.1, 0.15) is 30.9 Å². The third kappa shape index (κ3) is 2.04. The summed E-state index contributed by atoms with van der Waals surface area (Å²) < 4.78 is 0. The van der Waals surface area contributed by atoms with Crippen LogP contribution in [-0.2, 0) is 13.0 Å². The van der Waals surface area contributed by atoms with Crippen molar-refractivity contribution in [3.8, 4) is 11.3 Å². The molecule has 1 aliphatic rings. The van der Waals surface area contributed by atoms with Gasteiger partial charge in [0.2, 0.25) is 0 Å². The van der Waals surface area contributed by atoms with E-state index >= 15 is 0 Å². The summed E-state index contributed by atoms with van der Waals surface area (Å²) in [5.74, 6) is 1.01. The Hall–Kier alpha value is -1.32. The first-order valence-corrected chi connectivity index (χ1v) is 6.61. The van der Waals surface area contributed by atoms with Gasteiger partial charge in [-0.25, -0.2) is 4.98 Å². The van der Waals surface area contributed by atoms with E-state index in [1.807, 2.05) is 12.1 Å². The SMILES string of the molecule is CC(C)NCc1nc2c([nH]1)Cc1cc(Cl)ccc1-2. The Balaban J connectivity index is 1.88. The molecule has 1 aromatic carbocycles. The Morgan fingerprint density at radius 3 is 3.06 bits per heavy atom. The summed E-state index contributed by atoms with van der Waals surface area (Å²) in [7, 11) is 0. The summed E-state index contributed by atoms with van der Waals surface area (Å²) >= 11 is 6.01. The van der Waals surface area contributed by atoms with Gasteiger partial charge in [-0.15, -0.1) is 0 Å². The maximum absolute atomic E-state index is 6.01. The van der Waals surface area contributed by atoms with Gasteiger partial charge in [-0.1, -0.05) is 31.5 Å². The van der Waals surface area contributed by atoms with Crippen LogP contribution >= 0.6 is 11.6 Å². The second-order valence-corrected chi connectivity index (χ2v) is 5.46. The molecule has 0 bridgehead atoms. The molecule has 0 aliphatic heterocycles. The van der Waals surface area contributed by atoms with Gasteiger partial charge in [-0.3, -0.25) is 0 Å². The third-order valence-corrected chi connectivity index (χ3v) is 3.43. The van der Waals surface area contributed by atoms with E-state index in [1.165, 1.54) is 16.8 Å². The maximum atomic E-state index is 6.01. The Bertz CT molecular complexity index is 587. The van der Waals surface area contributed by atoms with Gasteiger partial charge in [0.1, 0.15) is 5.82 Å². The molecule has 0 saturated carbocycles. The molecular weight excluding hydrogens is 246 g/mol. The summed E-state index contributed by atoms with van der Waals surface area (Å²) in [6.07, 6.45) is 0.903. The molecular formula is C14H16ClN3. The van der Waals surface area contributed by atoms with Gasteiger partial charge in [0.25, 0.3) is 0 Å². The van der Waals surface area contributed by atoms with Crippen molar-refractivity contribution in [3.63, 3.8) is 0 Å². The molecule has 0 unspecified atom stereocenters. The molecule has 2 aromatic rings. The van der Waals surface area contributed by atoms with E-state index in [1.54, 1.807) is 0 Å². The third-order valence-electron chi connectivity index (χ3n) is 3.20. The molecule has 4 heteroatoms. The van der Waals surface area contributed by atoms with Crippen LogP contribution in [0.3, 0.4) is 0 Å². The summed E-state index contributed by atoms with van der Waals surface area (Å²) in [6, 6.07) is 6.48. The smallest absolute Gasteiger partial charge is 0.121 e. The van der Waals surface area contributed by atoms with Crippen molar-refractivity contribution < 1.29 is 0 Å². The molecule has 3 nitrogen and oxygen atoms in total. The summed E-state index contributed by atoms with van der Waals surface area (Å²) in [6.45, 7) is 5.05. The number of imidazole rings is 1. The summed E-state index contributed by atoms with van der Waals surface area (Å²) in [5, 5.41) is 4.16. The first-order valence-electron chi connectivity index (χ1n) is 6.23. The number of nitrogens with one attached hydrogen (secondary N) is 2. The van der Waals surface area contributed by atoms with Gasteiger partial charge in [0, 0.05) is 28.7 Å². The van der Waals surface area contributed by atoms with E-state index in [4.69, 9.17) is 11.6 Å². The van der Waals surface area contributed by atoms with Crippen LogP contribution in [0.15, 0.2) is 18.2 Å². The Labute approximate surface area is 112 Å². The number of fused-ring (bicyclic) bond motifs is 3. The first-order chi connectivity index (χ1) is 8.63. The summed E-state index contributed by atoms with van der Waals surface area (Å²) in [4.78, 5) is 8.07. The number of aromatic amines is 1. The number of halogens is 1. The van der Waals surface area contributed by atoms with Crippen molar-refractivity contribution in [2.75, 3.05) is 0 Å². The monoisotopic (exact) mass is 261 g/mol. The second-order valence-electron chi connectivity index (χ2n) is 5.02. The lowest BCUT2D eigenvalue weighted by Gasteiger charge is -2.05. The highest BCUT2D eigenvalue weighted by atomic mass is 35.5. The highest BCUT2D eigenvalue weighted by molar-refractivity contribution is 6.30. The normalized spacial score (nSPS) is 12.9. The van der Waals surface area contributed by atoms with E-state index < -0.39 is 0 Å². The average Bonchev–Trinajstić information content (AvgIpc) is 2.82. The highest BCUT2D eigenvalue weighted by Gasteiger charge is 2.22. The van der Waals surface area contributed by atoms with Crippen LogP contribution in [0, 0.1) is 0 Å². The minimum atomic E-state index is 0.469. The van der Waals surface area contributed by atoms with Crippen molar-refractivity contribution in [2.24, 2.45) is 0 Å². The molecule has 18 heavy (non-hydrogen) atoms. The predicted octanol–water partition coefficient (Wildman–Crippen LogP) is 3.13. The van der Waals surface area contributed by atoms with Crippen LogP contribution < -0.4 is 5.32 Å². The van der Waals surface area contributed by atoms with Crippen molar-refractivity contribution in [1.82, 2.24) is 15.3 Å². The van der Waals surface area contributed by atoms with Crippen molar-refractivity contribution in [3.05, 3.63) is 40.3 Å². The number of hydrogen-bond donors (Lipinski definition) is 2. The van der Waals surface area contributed by atoms with Crippen LogP contribution in [-0.4, -0.2) is 16.0 Å². The fourth-order valence-electron chi connectivity index (χ4n) is 2.33. The highest BCUT2D eigenvalue weighted by Crippen LogP contribution is 2.36. The number of aromatic nitrogens is 2. The second kappa shape index (κ2) is 4.41. The lowest BCUT2D eigenvalue weighted by Crippen LogP contribution is -2.22. The fourth-order valence-corrected chi connectivity index (χ4v) is 2.52. The number of H-pyrrole nitrogens is 1. The largest absolute Gasteiger partial charge is 0.344 e. The van der Waals surface area contributed by atoms with Gasteiger partial charge in [0.05, 0.1) is 12.2 Å². The molecule has 2 N–H and O–H groups in total. The molecule has 1 heterocycles. The lowest BCUT2D eigenvalue weighted by atomic mass is 10.1. The van der Waals surface area contributed by atoms with E-state index in [2.05, 4.69) is 35.2 Å². The Morgan fingerprint density at radius 2 is 2.28 bits per heavy atom. The van der Waals surface area contributed by atoms with Gasteiger partial charge in [-0.05, 0) is 17.7 Å². The zero-order valence-electron chi connectivity index (χ0n) is 10.5. The molecule has 0 radical (unpaired) electrons. The lowest BCUT2D eigenvalue weighted by molar-refractivity contribution is 0.575. The van der Waals surface area contributed by atoms with E-state index in [9.17, 15) is 0 Å². The zero-order valence-corrected chi connectivity index (χ0v) is 11.3. The number of benzene rings is 1. The van der Waals surface area contributed by atoms with Crippen LogP contribution in [0.5, 0.6) is 0 Å². The van der Waals surface area contributed by atoms with Gasteiger partial charge in [-0.2, -0.15) is 0 Å². The van der Waals surface area contributed by atoms with E-state index in [0.29, 0.717) is 6.04 Å². The number of rotatable bonds is 3. The first kappa shape index (κ1) is 11.8. The van der Waals surface area contributed by atoms with Crippen molar-refractivity contribution in [1.29, 1.82) is 0 Å². The molecule has 0 saturated heterocycles. The van der Waals surface area contributed by atoms with Crippen LogP contribution in [0.25, 0.3) is 11.3 Å². The Morgan fingerprint density at radius 1 is 1.44 bits per heavy atom. The molecule has 3 rings (SSSR count). The average molecular weight is 262 g/mol. The molecule has 94 valence electrons. The predicted molar refractivity (Wildman–Crippen MR) is 73.8 cm³/mol. The quantitative estimate of drug-likeness (QED) is 0.761. The maximum Gasteiger partial charge on any atom is 0.121 e. The fraction of sp³-hybridized carbons (Fsp3) is 0.357. The van der Waals surface area contributed by atoms with Gasteiger partial charge in [0.15, 0.2) is 0 Å². The van der Waals surface area contributed by atoms with Crippen molar-refractivity contribution >= 4 is 11.6 Å². The minimum absolute atomic E-state index is 0.469. The molecule has 0 atom stereocenters. The molecule has 0 amide bonds. The van der Waals surface area contributed by atoms with Gasteiger partial charge >= 0.3 is 0 Å². The number of nitrogens with zero attached hydrogens (tertiary/aromatic N) is 1. The van der Waals surface area contributed by atoms with Crippen LogP contribution in [0.2, 0.25) is 5.02 Å². The standard InChI is InChI=1S/C14H16ClN3/c1-8(2)16-7-13-17-12-6-9-5-10(15)3-4-11(9)14(12)18-13/h3-5,8,16H,6-7H2,1-2H3,(H,17,18). The molecule has 1 aliphatic carbocycles. The van der Waals surface area contributed by atoms with E-state index in [0.717, 1.165) is 29.5 Å². The van der Waals surface area contributed by atoms with Crippen LogP contribution in [0.4, 0.5) is 0 Å². The molecule has 1 aromatic heterocycles.